The SMILES string of the molecule is CC(C)(NCc1ccc(Oc2ccc(Cl)cn2)cc1)C(N)=O. The summed E-state index contributed by atoms with van der Waals surface area (Å²) in [7, 11) is 0. The number of halogens is 1. The Morgan fingerprint density at radius 1 is 1.27 bits per heavy atom. The Bertz CT molecular complexity index is 639. The van der Waals surface area contributed by atoms with Gasteiger partial charge in [-0.25, -0.2) is 4.98 Å². The van der Waals surface area contributed by atoms with Gasteiger partial charge in [0.25, 0.3) is 0 Å². The molecule has 5 nitrogen and oxygen atoms in total. The number of carbonyl (C=O) groups excluding carboxylic acids is 1. The molecule has 0 fully saturated rings. The molecule has 6 heteroatoms. The molecule has 1 aromatic carbocycles. The molecule has 1 aromatic heterocycles. The summed E-state index contributed by atoms with van der Waals surface area (Å²) in [5, 5.41) is 3.67. The van der Waals surface area contributed by atoms with Crippen molar-refractivity contribution in [3.63, 3.8) is 0 Å². The summed E-state index contributed by atoms with van der Waals surface area (Å²) in [6, 6.07) is 10.9. The molecule has 0 aliphatic rings. The van der Waals surface area contributed by atoms with E-state index in [-0.39, 0.29) is 5.91 Å². The van der Waals surface area contributed by atoms with Crippen LogP contribution in [0.15, 0.2) is 42.6 Å². The summed E-state index contributed by atoms with van der Waals surface area (Å²) in [4.78, 5) is 15.3. The summed E-state index contributed by atoms with van der Waals surface area (Å²) in [6.07, 6.45) is 1.53. The van der Waals surface area contributed by atoms with E-state index in [2.05, 4.69) is 10.3 Å². The van der Waals surface area contributed by atoms with Crippen LogP contribution in [0.1, 0.15) is 19.4 Å². The Labute approximate surface area is 134 Å². The summed E-state index contributed by atoms with van der Waals surface area (Å²) >= 11 is 5.77. The highest BCUT2D eigenvalue weighted by molar-refractivity contribution is 6.30. The van der Waals surface area contributed by atoms with Crippen LogP contribution in [0, 0.1) is 0 Å². The maximum Gasteiger partial charge on any atom is 0.237 e. The minimum atomic E-state index is -0.748. The summed E-state index contributed by atoms with van der Waals surface area (Å²) in [6.45, 7) is 4.04. The minimum Gasteiger partial charge on any atom is -0.439 e. The normalized spacial score (nSPS) is 11.2. The van der Waals surface area contributed by atoms with E-state index >= 15 is 0 Å². The maximum atomic E-state index is 11.2. The number of nitrogens with zero attached hydrogens (tertiary/aromatic N) is 1. The van der Waals surface area contributed by atoms with Crippen molar-refractivity contribution in [2.45, 2.75) is 25.9 Å². The van der Waals surface area contributed by atoms with E-state index in [0.717, 1.165) is 5.56 Å². The van der Waals surface area contributed by atoms with Gasteiger partial charge in [0.2, 0.25) is 11.8 Å². The smallest absolute Gasteiger partial charge is 0.237 e. The molecule has 1 heterocycles. The molecule has 116 valence electrons. The number of benzene rings is 1. The van der Waals surface area contributed by atoms with Gasteiger partial charge >= 0.3 is 0 Å². The lowest BCUT2D eigenvalue weighted by Crippen LogP contribution is -2.50. The van der Waals surface area contributed by atoms with Crippen molar-refractivity contribution in [3.8, 4) is 11.6 Å². The van der Waals surface area contributed by atoms with E-state index in [1.807, 2.05) is 24.3 Å². The third kappa shape index (κ3) is 4.44. The number of ether oxygens (including phenoxy) is 1. The lowest BCUT2D eigenvalue weighted by molar-refractivity contribution is -0.123. The Kier molecular flexibility index (Phi) is 5.00. The number of primary amides is 1. The largest absolute Gasteiger partial charge is 0.439 e. The van der Waals surface area contributed by atoms with Gasteiger partial charge in [-0.15, -0.1) is 0 Å². The Balaban J connectivity index is 1.95. The van der Waals surface area contributed by atoms with Crippen molar-refractivity contribution in [2.75, 3.05) is 0 Å². The lowest BCUT2D eigenvalue weighted by Gasteiger charge is -2.22. The number of carbonyl (C=O) groups is 1. The van der Waals surface area contributed by atoms with Crippen molar-refractivity contribution in [3.05, 3.63) is 53.2 Å². The summed E-state index contributed by atoms with van der Waals surface area (Å²) in [5.74, 6) is 0.763. The van der Waals surface area contributed by atoms with Crippen LogP contribution in [-0.2, 0) is 11.3 Å². The van der Waals surface area contributed by atoms with Crippen molar-refractivity contribution in [1.82, 2.24) is 10.3 Å². The topological polar surface area (TPSA) is 77.2 Å². The first-order valence-corrected chi connectivity index (χ1v) is 7.18. The molecular formula is C16H18ClN3O2. The molecule has 2 aromatic rings. The van der Waals surface area contributed by atoms with Crippen molar-refractivity contribution in [2.24, 2.45) is 5.73 Å². The quantitative estimate of drug-likeness (QED) is 0.858. The van der Waals surface area contributed by atoms with Crippen molar-refractivity contribution < 1.29 is 9.53 Å². The summed E-state index contributed by atoms with van der Waals surface area (Å²) in [5.41, 5.74) is 5.59. The molecule has 2 rings (SSSR count). The molecule has 0 radical (unpaired) electrons. The number of hydrogen-bond donors (Lipinski definition) is 2. The average molecular weight is 320 g/mol. The van der Waals surface area contributed by atoms with Gasteiger partial charge in [0.15, 0.2) is 0 Å². The van der Waals surface area contributed by atoms with Crippen LogP contribution in [0.4, 0.5) is 0 Å². The molecular weight excluding hydrogens is 302 g/mol. The van der Waals surface area contributed by atoms with Gasteiger partial charge in [-0.1, -0.05) is 23.7 Å². The van der Waals surface area contributed by atoms with Gasteiger partial charge in [-0.2, -0.15) is 0 Å². The number of pyridine rings is 1. The van der Waals surface area contributed by atoms with E-state index in [1.54, 1.807) is 26.0 Å². The fourth-order valence-corrected chi connectivity index (χ4v) is 1.74. The summed E-state index contributed by atoms with van der Waals surface area (Å²) < 4.78 is 5.61. The van der Waals surface area contributed by atoms with Gasteiger partial charge in [0.05, 0.1) is 10.6 Å². The molecule has 0 saturated carbocycles. The fourth-order valence-electron chi connectivity index (χ4n) is 1.63. The van der Waals surface area contributed by atoms with Gasteiger partial charge in [-0.05, 0) is 37.6 Å². The van der Waals surface area contributed by atoms with Crippen LogP contribution in [0.2, 0.25) is 5.02 Å². The Morgan fingerprint density at radius 3 is 2.50 bits per heavy atom. The van der Waals surface area contributed by atoms with Gasteiger partial charge in [0.1, 0.15) is 5.75 Å². The molecule has 0 spiro atoms. The molecule has 22 heavy (non-hydrogen) atoms. The number of nitrogens with one attached hydrogen (secondary N) is 1. The molecule has 1 amide bonds. The molecule has 0 unspecified atom stereocenters. The highest BCUT2D eigenvalue weighted by atomic mass is 35.5. The number of amides is 1. The van der Waals surface area contributed by atoms with Gasteiger partial charge in [-0.3, -0.25) is 10.1 Å². The number of rotatable bonds is 6. The van der Waals surface area contributed by atoms with Crippen molar-refractivity contribution >= 4 is 17.5 Å². The molecule has 0 bridgehead atoms. The average Bonchev–Trinajstić information content (AvgIpc) is 2.49. The van der Waals surface area contributed by atoms with E-state index in [1.165, 1.54) is 6.20 Å². The first-order valence-electron chi connectivity index (χ1n) is 6.80. The third-order valence-corrected chi connectivity index (χ3v) is 3.42. The molecule has 0 aliphatic heterocycles. The van der Waals surface area contributed by atoms with Crippen molar-refractivity contribution in [1.29, 1.82) is 0 Å². The molecule has 3 N–H and O–H groups in total. The first-order chi connectivity index (χ1) is 10.4. The third-order valence-electron chi connectivity index (χ3n) is 3.20. The second-order valence-electron chi connectivity index (χ2n) is 5.40. The van der Waals surface area contributed by atoms with Crippen LogP contribution in [-0.4, -0.2) is 16.4 Å². The second-order valence-corrected chi connectivity index (χ2v) is 5.84. The van der Waals surface area contributed by atoms with Gasteiger partial charge in [0, 0.05) is 18.8 Å². The highest BCUT2D eigenvalue weighted by Gasteiger charge is 2.23. The predicted molar refractivity (Wildman–Crippen MR) is 85.9 cm³/mol. The predicted octanol–water partition coefficient (Wildman–Crippen LogP) is 2.88. The first kappa shape index (κ1) is 16.3. The van der Waals surface area contributed by atoms with Crippen LogP contribution in [0.25, 0.3) is 0 Å². The number of nitrogens with two attached hydrogens (primary N) is 1. The number of hydrogen-bond acceptors (Lipinski definition) is 4. The number of aromatic nitrogens is 1. The Hall–Kier alpha value is -2.11. The van der Waals surface area contributed by atoms with Crippen LogP contribution in [0.3, 0.4) is 0 Å². The second kappa shape index (κ2) is 6.77. The zero-order valence-electron chi connectivity index (χ0n) is 12.5. The van der Waals surface area contributed by atoms with E-state index in [0.29, 0.717) is 23.2 Å². The zero-order valence-corrected chi connectivity index (χ0v) is 13.2. The lowest BCUT2D eigenvalue weighted by atomic mass is 10.0. The highest BCUT2D eigenvalue weighted by Crippen LogP contribution is 2.21. The van der Waals surface area contributed by atoms with Crippen LogP contribution in [0.5, 0.6) is 11.6 Å². The van der Waals surface area contributed by atoms with E-state index in [9.17, 15) is 4.79 Å². The van der Waals surface area contributed by atoms with Crippen LogP contribution >= 0.6 is 11.6 Å². The Morgan fingerprint density at radius 2 is 1.95 bits per heavy atom. The monoisotopic (exact) mass is 319 g/mol. The van der Waals surface area contributed by atoms with E-state index in [4.69, 9.17) is 22.1 Å². The minimum absolute atomic E-state index is 0.388. The molecule has 0 saturated heterocycles. The maximum absolute atomic E-state index is 11.2. The zero-order chi connectivity index (χ0) is 16.2. The van der Waals surface area contributed by atoms with E-state index < -0.39 is 5.54 Å². The standard InChI is InChI=1S/C16H18ClN3O2/c1-16(2,15(18)21)20-9-11-3-6-13(7-4-11)22-14-8-5-12(17)10-19-14/h3-8,10,20H,9H2,1-2H3,(H2,18,21). The molecule has 0 atom stereocenters. The van der Waals surface area contributed by atoms with Crippen LogP contribution < -0.4 is 15.8 Å². The fraction of sp³-hybridized carbons (Fsp3) is 0.250. The molecule has 0 aliphatic carbocycles. The van der Waals surface area contributed by atoms with Gasteiger partial charge < -0.3 is 10.5 Å².